The molecule has 1 atom stereocenters. The standard InChI is InChI=1S/C15H19Cl2NO/c16-12-5-4-11(15(17)10-12)9-14(19)7-6-13-3-1-2-8-18-13/h4-5,10,13,18H,1-3,6-9H2. The lowest BCUT2D eigenvalue weighted by Gasteiger charge is -2.23. The van der Waals surface area contributed by atoms with E-state index in [1.807, 2.05) is 6.07 Å². The van der Waals surface area contributed by atoms with Crippen LogP contribution in [-0.4, -0.2) is 18.4 Å². The van der Waals surface area contributed by atoms with E-state index in [1.54, 1.807) is 12.1 Å². The van der Waals surface area contributed by atoms with Crippen LogP contribution in [0.3, 0.4) is 0 Å². The Balaban J connectivity index is 1.80. The van der Waals surface area contributed by atoms with Crippen LogP contribution in [0.15, 0.2) is 18.2 Å². The maximum absolute atomic E-state index is 12.0. The number of piperidine rings is 1. The van der Waals surface area contributed by atoms with Crippen molar-refractivity contribution in [2.75, 3.05) is 6.54 Å². The van der Waals surface area contributed by atoms with Gasteiger partial charge in [0.2, 0.25) is 0 Å². The van der Waals surface area contributed by atoms with Gasteiger partial charge in [0.15, 0.2) is 0 Å². The van der Waals surface area contributed by atoms with Crippen LogP contribution in [0, 0.1) is 0 Å². The Bertz CT molecular complexity index is 442. The van der Waals surface area contributed by atoms with Gasteiger partial charge in [-0.05, 0) is 43.5 Å². The molecule has 0 spiro atoms. The van der Waals surface area contributed by atoms with Gasteiger partial charge in [-0.2, -0.15) is 0 Å². The predicted octanol–water partition coefficient (Wildman–Crippen LogP) is 4.03. The van der Waals surface area contributed by atoms with Gasteiger partial charge >= 0.3 is 0 Å². The second-order valence-electron chi connectivity index (χ2n) is 5.14. The van der Waals surface area contributed by atoms with Gasteiger partial charge in [0.05, 0.1) is 0 Å². The van der Waals surface area contributed by atoms with Crippen molar-refractivity contribution in [2.24, 2.45) is 0 Å². The average Bonchev–Trinajstić information content (AvgIpc) is 2.41. The van der Waals surface area contributed by atoms with Crippen LogP contribution in [-0.2, 0) is 11.2 Å². The molecule has 1 aliphatic heterocycles. The maximum Gasteiger partial charge on any atom is 0.137 e. The molecule has 0 saturated carbocycles. The summed E-state index contributed by atoms with van der Waals surface area (Å²) in [4.78, 5) is 12.0. The number of carbonyl (C=O) groups excluding carboxylic acids is 1. The Morgan fingerprint density at radius 2 is 2.16 bits per heavy atom. The van der Waals surface area contributed by atoms with Gasteiger partial charge in [0.1, 0.15) is 5.78 Å². The Morgan fingerprint density at radius 3 is 2.84 bits per heavy atom. The first-order valence-electron chi connectivity index (χ1n) is 6.84. The van der Waals surface area contributed by atoms with Crippen LogP contribution in [0.25, 0.3) is 0 Å². The van der Waals surface area contributed by atoms with E-state index in [-0.39, 0.29) is 5.78 Å². The molecule has 1 unspecified atom stereocenters. The number of rotatable bonds is 5. The molecule has 0 radical (unpaired) electrons. The molecule has 1 N–H and O–H groups in total. The zero-order valence-electron chi connectivity index (χ0n) is 10.9. The maximum atomic E-state index is 12.0. The molecule has 4 heteroatoms. The largest absolute Gasteiger partial charge is 0.314 e. The lowest BCUT2D eigenvalue weighted by Crippen LogP contribution is -2.34. The molecular weight excluding hydrogens is 281 g/mol. The Kier molecular flexibility index (Phi) is 5.68. The Hall–Kier alpha value is -0.570. The third kappa shape index (κ3) is 4.79. The molecule has 19 heavy (non-hydrogen) atoms. The summed E-state index contributed by atoms with van der Waals surface area (Å²) < 4.78 is 0. The first-order chi connectivity index (χ1) is 9.15. The molecule has 0 aromatic heterocycles. The second kappa shape index (κ2) is 7.28. The van der Waals surface area contributed by atoms with Crippen molar-refractivity contribution < 1.29 is 4.79 Å². The molecule has 104 valence electrons. The SMILES string of the molecule is O=C(CCC1CCCCN1)Cc1ccc(Cl)cc1Cl. The quantitative estimate of drug-likeness (QED) is 0.889. The topological polar surface area (TPSA) is 29.1 Å². The van der Waals surface area contributed by atoms with Crippen molar-refractivity contribution in [3.05, 3.63) is 33.8 Å². The van der Waals surface area contributed by atoms with E-state index in [1.165, 1.54) is 19.3 Å². The Labute approximate surface area is 124 Å². The fraction of sp³-hybridized carbons (Fsp3) is 0.533. The number of hydrogen-bond acceptors (Lipinski definition) is 2. The summed E-state index contributed by atoms with van der Waals surface area (Å²) in [5.41, 5.74) is 0.868. The van der Waals surface area contributed by atoms with Crippen molar-refractivity contribution in [3.8, 4) is 0 Å². The number of benzene rings is 1. The molecule has 1 fully saturated rings. The van der Waals surface area contributed by atoms with Crippen LogP contribution in [0.5, 0.6) is 0 Å². The predicted molar refractivity (Wildman–Crippen MR) is 80.0 cm³/mol. The highest BCUT2D eigenvalue weighted by atomic mass is 35.5. The minimum Gasteiger partial charge on any atom is -0.314 e. The van der Waals surface area contributed by atoms with Crippen molar-refractivity contribution >= 4 is 29.0 Å². The summed E-state index contributed by atoms with van der Waals surface area (Å²) >= 11 is 11.9. The normalized spacial score (nSPS) is 19.4. The first kappa shape index (κ1) is 14.8. The second-order valence-corrected chi connectivity index (χ2v) is 5.98. The average molecular weight is 300 g/mol. The number of nitrogens with one attached hydrogen (secondary N) is 1. The van der Waals surface area contributed by atoms with E-state index < -0.39 is 0 Å². The number of hydrogen-bond donors (Lipinski definition) is 1. The van der Waals surface area contributed by atoms with Crippen LogP contribution < -0.4 is 5.32 Å². The molecule has 2 nitrogen and oxygen atoms in total. The van der Waals surface area contributed by atoms with Gasteiger partial charge in [-0.1, -0.05) is 35.7 Å². The number of Topliss-reactive ketones (excluding diaryl/α,β-unsaturated/α-hetero) is 1. The van der Waals surface area contributed by atoms with Crippen molar-refractivity contribution in [1.82, 2.24) is 5.32 Å². The lowest BCUT2D eigenvalue weighted by molar-refractivity contribution is -0.118. The molecule has 1 saturated heterocycles. The van der Waals surface area contributed by atoms with Crippen LogP contribution in [0.4, 0.5) is 0 Å². The highest BCUT2D eigenvalue weighted by Gasteiger charge is 2.14. The highest BCUT2D eigenvalue weighted by Crippen LogP contribution is 2.22. The van der Waals surface area contributed by atoms with E-state index in [0.717, 1.165) is 18.5 Å². The molecule has 0 aliphatic carbocycles. The zero-order valence-corrected chi connectivity index (χ0v) is 12.4. The molecule has 1 heterocycles. The number of halogens is 2. The first-order valence-corrected chi connectivity index (χ1v) is 7.60. The fourth-order valence-electron chi connectivity index (χ4n) is 2.47. The zero-order chi connectivity index (χ0) is 13.7. The summed E-state index contributed by atoms with van der Waals surface area (Å²) in [6.45, 7) is 1.09. The number of carbonyl (C=O) groups is 1. The van der Waals surface area contributed by atoms with Crippen LogP contribution in [0.2, 0.25) is 10.0 Å². The number of ketones is 1. The van der Waals surface area contributed by atoms with Gasteiger partial charge in [0, 0.05) is 28.9 Å². The van der Waals surface area contributed by atoms with E-state index in [4.69, 9.17) is 23.2 Å². The van der Waals surface area contributed by atoms with E-state index in [2.05, 4.69) is 5.32 Å². The summed E-state index contributed by atoms with van der Waals surface area (Å²) in [6, 6.07) is 5.81. The molecule has 1 aromatic carbocycles. The fourth-order valence-corrected chi connectivity index (χ4v) is 2.95. The molecular formula is C15H19Cl2NO. The van der Waals surface area contributed by atoms with Crippen LogP contribution in [0.1, 0.15) is 37.7 Å². The molecule has 1 aliphatic rings. The van der Waals surface area contributed by atoms with Crippen molar-refractivity contribution in [3.63, 3.8) is 0 Å². The van der Waals surface area contributed by atoms with Gasteiger partial charge in [0.25, 0.3) is 0 Å². The van der Waals surface area contributed by atoms with Crippen molar-refractivity contribution in [2.45, 2.75) is 44.6 Å². The molecule has 2 rings (SSSR count). The summed E-state index contributed by atoms with van der Waals surface area (Å²) in [7, 11) is 0. The molecule has 0 amide bonds. The third-order valence-corrected chi connectivity index (χ3v) is 4.17. The van der Waals surface area contributed by atoms with E-state index >= 15 is 0 Å². The third-order valence-electron chi connectivity index (χ3n) is 3.59. The van der Waals surface area contributed by atoms with E-state index in [9.17, 15) is 4.79 Å². The Morgan fingerprint density at radius 1 is 1.32 bits per heavy atom. The lowest BCUT2D eigenvalue weighted by atomic mass is 9.97. The minimum absolute atomic E-state index is 0.247. The molecule has 1 aromatic rings. The van der Waals surface area contributed by atoms with Crippen LogP contribution >= 0.6 is 23.2 Å². The van der Waals surface area contributed by atoms with Crippen molar-refractivity contribution in [1.29, 1.82) is 0 Å². The minimum atomic E-state index is 0.247. The highest BCUT2D eigenvalue weighted by molar-refractivity contribution is 6.35. The van der Waals surface area contributed by atoms with Gasteiger partial charge in [-0.25, -0.2) is 0 Å². The van der Waals surface area contributed by atoms with Gasteiger partial charge in [-0.3, -0.25) is 4.79 Å². The monoisotopic (exact) mass is 299 g/mol. The van der Waals surface area contributed by atoms with E-state index in [0.29, 0.717) is 28.9 Å². The summed E-state index contributed by atoms with van der Waals surface area (Å²) in [5, 5.41) is 4.65. The van der Waals surface area contributed by atoms with Gasteiger partial charge < -0.3 is 5.32 Å². The smallest absolute Gasteiger partial charge is 0.137 e. The summed E-state index contributed by atoms with van der Waals surface area (Å²) in [6.07, 6.45) is 5.68. The molecule has 0 bridgehead atoms. The van der Waals surface area contributed by atoms with Gasteiger partial charge in [-0.15, -0.1) is 0 Å². The summed E-state index contributed by atoms with van der Waals surface area (Å²) in [5.74, 6) is 0.247.